The topological polar surface area (TPSA) is 73.4 Å². The lowest BCUT2D eigenvalue weighted by Crippen LogP contribution is -2.46. The highest BCUT2D eigenvalue weighted by Gasteiger charge is 2.19. The minimum absolute atomic E-state index is 0. The summed E-state index contributed by atoms with van der Waals surface area (Å²) in [6, 6.07) is 13.3. The minimum atomic E-state index is -0.456. The van der Waals surface area contributed by atoms with E-state index in [9.17, 15) is 9.59 Å². The summed E-state index contributed by atoms with van der Waals surface area (Å²) in [5, 5.41) is 3.34. The van der Waals surface area contributed by atoms with Gasteiger partial charge in [0.1, 0.15) is 0 Å². The molecule has 0 atom stereocenters. The highest BCUT2D eigenvalue weighted by molar-refractivity contribution is 7.99. The predicted molar refractivity (Wildman–Crippen MR) is 149 cm³/mol. The zero-order chi connectivity index (χ0) is 23.9. The SMILES string of the molecule is CCCSc1ccccc1N1CCN(CCCCNC(=O)n2c(=O)[nH]c3ccc(Cl)cc32)CC1.Cl. The number of para-hydroxylation sites is 1. The van der Waals surface area contributed by atoms with Crippen LogP contribution in [0.4, 0.5) is 10.5 Å². The van der Waals surface area contributed by atoms with E-state index in [0.717, 1.165) is 55.9 Å². The second-order valence-electron chi connectivity index (χ2n) is 8.51. The number of rotatable bonds is 9. The van der Waals surface area contributed by atoms with Crippen molar-refractivity contribution in [3.63, 3.8) is 0 Å². The van der Waals surface area contributed by atoms with Crippen LogP contribution in [-0.2, 0) is 0 Å². The van der Waals surface area contributed by atoms with Gasteiger partial charge in [0.15, 0.2) is 0 Å². The van der Waals surface area contributed by atoms with Crippen LogP contribution in [0, 0.1) is 0 Å². The molecule has 1 aliphatic rings. The Morgan fingerprint density at radius 3 is 2.66 bits per heavy atom. The van der Waals surface area contributed by atoms with Crippen LogP contribution < -0.4 is 15.9 Å². The molecule has 10 heteroatoms. The highest BCUT2D eigenvalue weighted by Crippen LogP contribution is 2.31. The van der Waals surface area contributed by atoms with E-state index in [4.69, 9.17) is 11.6 Å². The Bertz CT molecular complexity index is 1170. The van der Waals surface area contributed by atoms with Crippen molar-refractivity contribution in [1.82, 2.24) is 19.8 Å². The molecule has 1 saturated heterocycles. The molecule has 7 nitrogen and oxygen atoms in total. The van der Waals surface area contributed by atoms with E-state index in [1.165, 1.54) is 17.0 Å². The van der Waals surface area contributed by atoms with Crippen molar-refractivity contribution in [3.05, 3.63) is 58.0 Å². The molecule has 0 radical (unpaired) electrons. The maximum Gasteiger partial charge on any atom is 0.334 e. The Kier molecular flexibility index (Phi) is 10.4. The maximum atomic E-state index is 12.6. The van der Waals surface area contributed by atoms with E-state index in [2.05, 4.69) is 51.3 Å². The van der Waals surface area contributed by atoms with Crippen LogP contribution >= 0.6 is 35.8 Å². The summed E-state index contributed by atoms with van der Waals surface area (Å²) < 4.78 is 1.11. The number of anilines is 1. The van der Waals surface area contributed by atoms with E-state index in [1.807, 2.05) is 11.8 Å². The van der Waals surface area contributed by atoms with Gasteiger partial charge in [-0.1, -0.05) is 30.7 Å². The van der Waals surface area contributed by atoms with Crippen LogP contribution in [0.2, 0.25) is 5.02 Å². The number of carbonyl (C=O) groups excluding carboxylic acids is 1. The molecular formula is C25H33Cl2N5O2S. The van der Waals surface area contributed by atoms with Gasteiger partial charge in [-0.2, -0.15) is 0 Å². The molecule has 2 heterocycles. The zero-order valence-electron chi connectivity index (χ0n) is 20.0. The number of hydrogen-bond acceptors (Lipinski definition) is 5. The van der Waals surface area contributed by atoms with Crippen molar-refractivity contribution < 1.29 is 4.79 Å². The molecule has 2 N–H and O–H groups in total. The number of imidazole rings is 1. The van der Waals surface area contributed by atoms with Crippen molar-refractivity contribution >= 4 is 58.5 Å². The Hall–Kier alpha value is -2.13. The van der Waals surface area contributed by atoms with Gasteiger partial charge in [-0.15, -0.1) is 24.2 Å². The van der Waals surface area contributed by atoms with E-state index in [0.29, 0.717) is 22.6 Å². The number of aromatic amines is 1. The third-order valence-electron chi connectivity index (χ3n) is 6.07. The summed E-state index contributed by atoms with van der Waals surface area (Å²) in [6.45, 7) is 7.92. The smallest absolute Gasteiger partial charge is 0.334 e. The van der Waals surface area contributed by atoms with Gasteiger partial charge in [0.2, 0.25) is 0 Å². The monoisotopic (exact) mass is 537 g/mol. The van der Waals surface area contributed by atoms with Crippen molar-refractivity contribution in [2.45, 2.75) is 31.1 Å². The van der Waals surface area contributed by atoms with Crippen LogP contribution in [0.5, 0.6) is 0 Å². The third-order valence-corrected chi connectivity index (χ3v) is 7.57. The molecule has 3 aromatic rings. The lowest BCUT2D eigenvalue weighted by molar-refractivity contribution is 0.239. The number of aromatic nitrogens is 2. The third kappa shape index (κ3) is 6.97. The lowest BCUT2D eigenvalue weighted by atomic mass is 10.2. The Morgan fingerprint density at radius 2 is 1.89 bits per heavy atom. The van der Waals surface area contributed by atoms with Gasteiger partial charge in [-0.25, -0.2) is 14.2 Å². The molecule has 1 aromatic heterocycles. The van der Waals surface area contributed by atoms with Gasteiger partial charge in [0.05, 0.1) is 16.7 Å². The number of benzene rings is 2. The van der Waals surface area contributed by atoms with E-state index in [1.54, 1.807) is 18.2 Å². The predicted octanol–water partition coefficient (Wildman–Crippen LogP) is 5.07. The second kappa shape index (κ2) is 13.3. The molecule has 190 valence electrons. The number of carbonyl (C=O) groups is 1. The molecule has 0 bridgehead atoms. The quantitative estimate of drug-likeness (QED) is 0.294. The fourth-order valence-corrected chi connectivity index (χ4v) is 5.39. The molecule has 1 amide bonds. The van der Waals surface area contributed by atoms with Crippen LogP contribution in [-0.4, -0.2) is 65.5 Å². The molecule has 0 unspecified atom stereocenters. The second-order valence-corrected chi connectivity index (χ2v) is 10.1. The summed E-state index contributed by atoms with van der Waals surface area (Å²) in [6.07, 6.45) is 3.04. The Morgan fingerprint density at radius 1 is 1.11 bits per heavy atom. The van der Waals surface area contributed by atoms with E-state index in [-0.39, 0.29) is 12.4 Å². The Labute approximate surface area is 221 Å². The summed E-state index contributed by atoms with van der Waals surface area (Å²) in [5.74, 6) is 1.15. The molecule has 2 aromatic carbocycles. The number of nitrogens with one attached hydrogen (secondary N) is 2. The lowest BCUT2D eigenvalue weighted by Gasteiger charge is -2.37. The van der Waals surface area contributed by atoms with Gasteiger partial charge in [-0.3, -0.25) is 4.90 Å². The number of amides is 1. The van der Waals surface area contributed by atoms with Crippen LogP contribution in [0.15, 0.2) is 52.2 Å². The van der Waals surface area contributed by atoms with Gasteiger partial charge in [0.25, 0.3) is 0 Å². The number of thioether (sulfide) groups is 1. The molecule has 0 aliphatic carbocycles. The van der Waals surface area contributed by atoms with Crippen molar-refractivity contribution in [3.8, 4) is 0 Å². The fourth-order valence-electron chi connectivity index (χ4n) is 4.28. The van der Waals surface area contributed by atoms with Gasteiger partial charge in [-0.05, 0) is 61.9 Å². The zero-order valence-corrected chi connectivity index (χ0v) is 22.4. The summed E-state index contributed by atoms with van der Waals surface area (Å²) in [5.41, 5.74) is 1.98. The number of hydrogen-bond donors (Lipinski definition) is 2. The molecule has 0 spiro atoms. The van der Waals surface area contributed by atoms with Crippen LogP contribution in [0.1, 0.15) is 26.2 Å². The van der Waals surface area contributed by atoms with Crippen LogP contribution in [0.3, 0.4) is 0 Å². The van der Waals surface area contributed by atoms with Crippen molar-refractivity contribution in [2.24, 2.45) is 0 Å². The first-order valence-electron chi connectivity index (χ1n) is 11.9. The fraction of sp³-hybridized carbons (Fsp3) is 0.440. The molecule has 35 heavy (non-hydrogen) atoms. The summed E-state index contributed by atoms with van der Waals surface area (Å²) in [7, 11) is 0. The average Bonchev–Trinajstić information content (AvgIpc) is 3.18. The molecule has 4 rings (SSSR count). The molecule has 0 saturated carbocycles. The van der Waals surface area contributed by atoms with E-state index >= 15 is 0 Å². The summed E-state index contributed by atoms with van der Waals surface area (Å²) >= 11 is 7.97. The normalized spacial score (nSPS) is 14.2. The molecule has 1 fully saturated rings. The van der Waals surface area contributed by atoms with Crippen molar-refractivity contribution in [1.29, 1.82) is 0 Å². The minimum Gasteiger partial charge on any atom is -0.368 e. The van der Waals surface area contributed by atoms with Crippen LogP contribution in [0.25, 0.3) is 11.0 Å². The number of halogens is 2. The molecular weight excluding hydrogens is 505 g/mol. The number of piperazine rings is 1. The van der Waals surface area contributed by atoms with E-state index < -0.39 is 11.7 Å². The first-order chi connectivity index (χ1) is 16.6. The number of unbranched alkanes of at least 4 members (excludes halogenated alkanes) is 1. The largest absolute Gasteiger partial charge is 0.368 e. The Balaban J connectivity index is 0.00000342. The standard InChI is InChI=1S/C25H32ClN5O2S.ClH/c1-2-17-34-23-8-4-3-7-21(23)30-15-13-29(14-16-30)12-6-5-11-27-24(32)31-22-18-19(26)9-10-20(22)28-25(31)33;/h3-4,7-10,18H,2,5-6,11-17H2,1H3,(H,27,32)(H,28,33);1H. The number of nitrogens with zero attached hydrogens (tertiary/aromatic N) is 3. The van der Waals surface area contributed by atoms with Crippen molar-refractivity contribution in [2.75, 3.05) is 49.9 Å². The first kappa shape index (κ1) is 27.5. The number of H-pyrrole nitrogens is 1. The average molecular weight is 539 g/mol. The first-order valence-corrected chi connectivity index (χ1v) is 13.3. The highest BCUT2D eigenvalue weighted by atomic mass is 35.5. The van der Waals surface area contributed by atoms with Gasteiger partial charge >= 0.3 is 11.7 Å². The number of fused-ring (bicyclic) bond motifs is 1. The maximum absolute atomic E-state index is 12.6. The molecule has 1 aliphatic heterocycles. The van der Waals surface area contributed by atoms with Gasteiger partial charge < -0.3 is 15.2 Å². The van der Waals surface area contributed by atoms with Gasteiger partial charge in [0, 0.05) is 42.6 Å². The summed E-state index contributed by atoms with van der Waals surface area (Å²) in [4.78, 5) is 33.8.